The summed E-state index contributed by atoms with van der Waals surface area (Å²) in [6.45, 7) is 2.21. The summed E-state index contributed by atoms with van der Waals surface area (Å²) in [5.41, 5.74) is -1.90. The van der Waals surface area contributed by atoms with E-state index in [-0.39, 0.29) is 11.6 Å². The zero-order valence-electron chi connectivity index (χ0n) is 7.37. The molecule has 13 heavy (non-hydrogen) atoms. The van der Waals surface area contributed by atoms with Gasteiger partial charge in [0.1, 0.15) is 0 Å². The van der Waals surface area contributed by atoms with E-state index in [1.165, 1.54) is 20.0 Å². The Morgan fingerprint density at radius 2 is 2.38 bits per heavy atom. The number of hydrogen-bond donors (Lipinski definition) is 1. The lowest BCUT2D eigenvalue weighted by Crippen LogP contribution is -2.25. The van der Waals surface area contributed by atoms with Gasteiger partial charge in [0.15, 0.2) is 10.7 Å². The van der Waals surface area contributed by atoms with E-state index in [4.69, 9.17) is 5.11 Å². The molecule has 72 valence electrons. The molecule has 0 unspecified atom stereocenters. The summed E-state index contributed by atoms with van der Waals surface area (Å²) < 4.78 is 13.1. The van der Waals surface area contributed by atoms with Crippen LogP contribution in [0.15, 0.2) is 6.20 Å². The molecule has 0 saturated heterocycles. The highest BCUT2D eigenvalue weighted by atomic mass is 32.1. The molecule has 0 fully saturated rings. The minimum absolute atomic E-state index is 0.108. The SMILES string of the molecule is CC(C)(F)C(=O)c1ncc(CO)s1. The summed E-state index contributed by atoms with van der Waals surface area (Å²) in [4.78, 5) is 15.6. The van der Waals surface area contributed by atoms with Crippen LogP contribution in [-0.4, -0.2) is 21.5 Å². The van der Waals surface area contributed by atoms with E-state index < -0.39 is 11.5 Å². The molecule has 0 aliphatic rings. The van der Waals surface area contributed by atoms with Gasteiger partial charge in [-0.1, -0.05) is 0 Å². The minimum atomic E-state index is -1.90. The molecule has 0 saturated carbocycles. The van der Waals surface area contributed by atoms with Gasteiger partial charge in [0, 0.05) is 6.20 Å². The van der Waals surface area contributed by atoms with Crippen LogP contribution in [0.3, 0.4) is 0 Å². The lowest BCUT2D eigenvalue weighted by molar-refractivity contribution is 0.0760. The maximum absolute atomic E-state index is 13.1. The summed E-state index contributed by atoms with van der Waals surface area (Å²) in [7, 11) is 0. The number of nitrogens with zero attached hydrogens (tertiary/aromatic N) is 1. The fourth-order valence-electron chi connectivity index (χ4n) is 0.740. The van der Waals surface area contributed by atoms with Gasteiger partial charge in [0.2, 0.25) is 5.78 Å². The van der Waals surface area contributed by atoms with Crippen molar-refractivity contribution in [1.82, 2.24) is 4.98 Å². The number of aromatic nitrogens is 1. The first-order valence-corrected chi connectivity index (χ1v) is 4.56. The largest absolute Gasteiger partial charge is 0.391 e. The molecule has 0 aromatic carbocycles. The summed E-state index contributed by atoms with van der Waals surface area (Å²) in [5.74, 6) is -0.641. The van der Waals surface area contributed by atoms with Gasteiger partial charge in [-0.15, -0.1) is 11.3 Å². The quantitative estimate of drug-likeness (QED) is 0.758. The van der Waals surface area contributed by atoms with Crippen LogP contribution in [0.4, 0.5) is 4.39 Å². The third-order valence-corrected chi connectivity index (χ3v) is 2.42. The van der Waals surface area contributed by atoms with Crippen molar-refractivity contribution in [3.63, 3.8) is 0 Å². The molecular weight excluding hydrogens is 193 g/mol. The smallest absolute Gasteiger partial charge is 0.227 e. The molecule has 3 nitrogen and oxygen atoms in total. The Kier molecular flexibility index (Phi) is 2.77. The van der Waals surface area contributed by atoms with E-state index in [9.17, 15) is 9.18 Å². The van der Waals surface area contributed by atoms with Crippen molar-refractivity contribution < 1.29 is 14.3 Å². The molecule has 1 heterocycles. The second-order valence-electron chi connectivity index (χ2n) is 3.09. The number of carbonyl (C=O) groups is 1. The first-order valence-electron chi connectivity index (χ1n) is 3.74. The maximum Gasteiger partial charge on any atom is 0.227 e. The fourth-order valence-corrected chi connectivity index (χ4v) is 1.60. The molecule has 1 aromatic rings. The molecule has 0 atom stereocenters. The van der Waals surface area contributed by atoms with E-state index in [2.05, 4.69) is 4.98 Å². The number of hydrogen-bond acceptors (Lipinski definition) is 4. The Bertz CT molecular complexity index is 316. The van der Waals surface area contributed by atoms with Crippen LogP contribution >= 0.6 is 11.3 Å². The molecule has 1 rings (SSSR count). The summed E-state index contributed by atoms with van der Waals surface area (Å²) >= 11 is 1.02. The predicted octanol–water partition coefficient (Wildman–Crippen LogP) is 1.57. The van der Waals surface area contributed by atoms with Gasteiger partial charge in [-0.2, -0.15) is 0 Å². The van der Waals surface area contributed by atoms with Crippen molar-refractivity contribution in [2.45, 2.75) is 26.1 Å². The van der Waals surface area contributed by atoms with Gasteiger partial charge >= 0.3 is 0 Å². The Morgan fingerprint density at radius 3 is 2.77 bits per heavy atom. The summed E-state index contributed by atoms with van der Waals surface area (Å²) in [6.07, 6.45) is 1.38. The van der Waals surface area contributed by atoms with Crippen LogP contribution in [0.1, 0.15) is 28.5 Å². The molecule has 5 heteroatoms. The van der Waals surface area contributed by atoms with E-state index in [0.29, 0.717) is 4.88 Å². The molecule has 0 spiro atoms. The van der Waals surface area contributed by atoms with Gasteiger partial charge in [-0.05, 0) is 13.8 Å². The van der Waals surface area contributed by atoms with Gasteiger partial charge in [-0.3, -0.25) is 4.79 Å². The average molecular weight is 203 g/mol. The highest BCUT2D eigenvalue weighted by Gasteiger charge is 2.30. The second kappa shape index (κ2) is 3.51. The van der Waals surface area contributed by atoms with Gasteiger partial charge in [0.05, 0.1) is 11.5 Å². The standard InChI is InChI=1S/C8H10FNO2S/c1-8(2,9)6(12)7-10-3-5(4-11)13-7/h3,11H,4H2,1-2H3. The highest BCUT2D eigenvalue weighted by molar-refractivity contribution is 7.13. The van der Waals surface area contributed by atoms with E-state index in [1.807, 2.05) is 0 Å². The van der Waals surface area contributed by atoms with E-state index in [0.717, 1.165) is 11.3 Å². The van der Waals surface area contributed by atoms with Crippen molar-refractivity contribution in [2.75, 3.05) is 0 Å². The topological polar surface area (TPSA) is 50.2 Å². The van der Waals surface area contributed by atoms with Gasteiger partial charge in [-0.25, -0.2) is 9.37 Å². The molecule has 0 aliphatic carbocycles. The number of carbonyl (C=O) groups excluding carboxylic acids is 1. The lowest BCUT2D eigenvalue weighted by Gasteiger charge is -2.08. The molecule has 0 radical (unpaired) electrons. The molecule has 1 aromatic heterocycles. The number of Topliss-reactive ketones (excluding diaryl/α,β-unsaturated/α-hetero) is 1. The second-order valence-corrected chi connectivity index (χ2v) is 4.21. The normalized spacial score (nSPS) is 11.7. The maximum atomic E-state index is 13.1. The van der Waals surface area contributed by atoms with Crippen LogP contribution < -0.4 is 0 Å². The van der Waals surface area contributed by atoms with Crippen molar-refractivity contribution in [3.05, 3.63) is 16.1 Å². The number of aliphatic hydroxyl groups excluding tert-OH is 1. The lowest BCUT2D eigenvalue weighted by atomic mass is 10.1. The number of thiazole rings is 1. The zero-order valence-corrected chi connectivity index (χ0v) is 8.19. The monoisotopic (exact) mass is 203 g/mol. The molecular formula is C8H10FNO2S. The van der Waals surface area contributed by atoms with Crippen LogP contribution in [0.25, 0.3) is 0 Å². The molecule has 0 amide bonds. The first kappa shape index (κ1) is 10.3. The van der Waals surface area contributed by atoms with Gasteiger partial charge < -0.3 is 5.11 Å². The number of alkyl halides is 1. The van der Waals surface area contributed by atoms with Crippen molar-refractivity contribution in [1.29, 1.82) is 0 Å². The minimum Gasteiger partial charge on any atom is -0.391 e. The van der Waals surface area contributed by atoms with Crippen molar-refractivity contribution >= 4 is 17.1 Å². The first-order chi connectivity index (χ1) is 5.95. The third kappa shape index (κ3) is 2.32. The van der Waals surface area contributed by atoms with Crippen molar-refractivity contribution in [3.8, 4) is 0 Å². The highest BCUT2D eigenvalue weighted by Crippen LogP contribution is 2.21. The fraction of sp³-hybridized carbons (Fsp3) is 0.500. The predicted molar refractivity (Wildman–Crippen MR) is 47.6 cm³/mol. The van der Waals surface area contributed by atoms with Crippen LogP contribution in [0, 0.1) is 0 Å². The number of aliphatic hydroxyl groups is 1. The average Bonchev–Trinajstić information content (AvgIpc) is 2.48. The third-order valence-electron chi connectivity index (χ3n) is 1.44. The van der Waals surface area contributed by atoms with E-state index in [1.54, 1.807) is 0 Å². The Hall–Kier alpha value is -0.810. The summed E-state index contributed by atoms with van der Waals surface area (Å²) in [5, 5.41) is 8.81. The molecule has 0 aliphatic heterocycles. The number of halogens is 1. The zero-order chi connectivity index (χ0) is 10.1. The molecule has 0 bridgehead atoms. The number of rotatable bonds is 3. The summed E-state index contributed by atoms with van der Waals surface area (Å²) in [6, 6.07) is 0. The Balaban J connectivity index is 2.90. The van der Waals surface area contributed by atoms with Crippen LogP contribution in [-0.2, 0) is 6.61 Å². The molecule has 1 N–H and O–H groups in total. The van der Waals surface area contributed by atoms with E-state index >= 15 is 0 Å². The van der Waals surface area contributed by atoms with Gasteiger partial charge in [0.25, 0.3) is 0 Å². The Morgan fingerprint density at radius 1 is 1.77 bits per heavy atom. The van der Waals surface area contributed by atoms with Crippen LogP contribution in [0.5, 0.6) is 0 Å². The Labute approximate surface area is 79.2 Å². The number of ketones is 1. The van der Waals surface area contributed by atoms with Crippen LogP contribution in [0.2, 0.25) is 0 Å². The van der Waals surface area contributed by atoms with Crippen molar-refractivity contribution in [2.24, 2.45) is 0 Å².